The Morgan fingerprint density at radius 1 is 0.895 bits per heavy atom. The van der Waals surface area contributed by atoms with E-state index in [1.807, 2.05) is 48.0 Å². The first-order chi connectivity index (χ1) is 9.27. The fraction of sp³-hybridized carbons (Fsp3) is 0.538. The maximum Gasteiger partial charge on any atom is 0.122 e. The van der Waals surface area contributed by atoms with Crippen LogP contribution in [-0.4, -0.2) is 32.2 Å². The zero-order chi connectivity index (χ0) is 13.5. The van der Waals surface area contributed by atoms with Gasteiger partial charge in [0.25, 0.3) is 0 Å². The number of nitrogens with one attached hydrogen (secondary N) is 2. The normalized spacial score (nSPS) is 11.1. The highest BCUT2D eigenvalue weighted by molar-refractivity contribution is 4.91. The van der Waals surface area contributed by atoms with Crippen molar-refractivity contribution in [2.75, 3.05) is 13.1 Å². The van der Waals surface area contributed by atoms with Gasteiger partial charge in [-0.2, -0.15) is 0 Å². The third-order valence-electron chi connectivity index (χ3n) is 3.12. The number of nitrogens with zero attached hydrogens (tertiary/aromatic N) is 4. The van der Waals surface area contributed by atoms with Gasteiger partial charge in [-0.15, -0.1) is 0 Å². The number of hydrogen-bond donors (Lipinski definition) is 2. The van der Waals surface area contributed by atoms with Crippen molar-refractivity contribution >= 4 is 0 Å². The van der Waals surface area contributed by atoms with E-state index in [9.17, 15) is 0 Å². The molecule has 2 heterocycles. The molecule has 0 fully saturated rings. The predicted octanol–water partition coefficient (Wildman–Crippen LogP) is 0.423. The first-order valence-electron chi connectivity index (χ1n) is 6.61. The first-order valence-corrected chi connectivity index (χ1v) is 6.61. The summed E-state index contributed by atoms with van der Waals surface area (Å²) in [6.07, 6.45) is 8.67. The molecule has 2 aromatic heterocycles. The van der Waals surface area contributed by atoms with Crippen LogP contribution in [0.2, 0.25) is 0 Å². The Morgan fingerprint density at radius 3 is 1.74 bits per heavy atom. The quantitative estimate of drug-likeness (QED) is 0.677. The van der Waals surface area contributed by atoms with E-state index < -0.39 is 0 Å². The Bertz CT molecular complexity index is 443. The molecule has 2 rings (SSSR count). The van der Waals surface area contributed by atoms with Gasteiger partial charge in [-0.05, 0) is 19.5 Å². The first kappa shape index (κ1) is 13.8. The molecule has 19 heavy (non-hydrogen) atoms. The second-order valence-electron chi connectivity index (χ2n) is 4.62. The Kier molecular flexibility index (Phi) is 5.11. The number of hydrogen-bond acceptors (Lipinski definition) is 4. The van der Waals surface area contributed by atoms with Gasteiger partial charge < -0.3 is 19.8 Å². The summed E-state index contributed by atoms with van der Waals surface area (Å²) in [5, 5.41) is 6.78. The monoisotopic (exact) mass is 262 g/mol. The Labute approximate surface area is 113 Å². The number of imidazole rings is 2. The summed E-state index contributed by atoms with van der Waals surface area (Å²) < 4.78 is 4.07. The zero-order valence-electron chi connectivity index (χ0n) is 11.6. The van der Waals surface area contributed by atoms with E-state index >= 15 is 0 Å². The lowest BCUT2D eigenvalue weighted by Gasteiger charge is -2.06. The average molecular weight is 262 g/mol. The second-order valence-corrected chi connectivity index (χ2v) is 4.62. The van der Waals surface area contributed by atoms with Gasteiger partial charge >= 0.3 is 0 Å². The fourth-order valence-electron chi connectivity index (χ4n) is 1.87. The van der Waals surface area contributed by atoms with E-state index in [1.165, 1.54) is 0 Å². The molecule has 0 aliphatic rings. The molecule has 2 N–H and O–H groups in total. The van der Waals surface area contributed by atoms with Crippen LogP contribution >= 0.6 is 0 Å². The molecule has 0 aliphatic heterocycles. The van der Waals surface area contributed by atoms with Gasteiger partial charge in [-0.25, -0.2) is 9.97 Å². The number of aryl methyl sites for hydroxylation is 2. The molecule has 2 aromatic rings. The van der Waals surface area contributed by atoms with Gasteiger partial charge in [0.1, 0.15) is 11.6 Å². The van der Waals surface area contributed by atoms with Crippen LogP contribution in [0.5, 0.6) is 0 Å². The molecule has 0 radical (unpaired) electrons. The van der Waals surface area contributed by atoms with E-state index in [4.69, 9.17) is 0 Å². The highest BCUT2D eigenvalue weighted by atomic mass is 15.1. The highest BCUT2D eigenvalue weighted by Crippen LogP contribution is 1.94. The van der Waals surface area contributed by atoms with E-state index in [2.05, 4.69) is 20.6 Å². The molecule has 6 heteroatoms. The summed E-state index contributed by atoms with van der Waals surface area (Å²) in [7, 11) is 4.02. The van der Waals surface area contributed by atoms with Crippen LogP contribution in [0.1, 0.15) is 18.1 Å². The number of aromatic nitrogens is 4. The highest BCUT2D eigenvalue weighted by Gasteiger charge is 1.99. The minimum atomic E-state index is 0.822. The van der Waals surface area contributed by atoms with Gasteiger partial charge in [0.05, 0.1) is 13.1 Å². The predicted molar refractivity (Wildman–Crippen MR) is 74.4 cm³/mol. The van der Waals surface area contributed by atoms with Crippen LogP contribution in [-0.2, 0) is 27.2 Å². The van der Waals surface area contributed by atoms with Crippen molar-refractivity contribution in [1.82, 2.24) is 29.7 Å². The summed E-state index contributed by atoms with van der Waals surface area (Å²) in [5.41, 5.74) is 0. The molecule has 0 saturated heterocycles. The molecule has 0 aromatic carbocycles. The summed E-state index contributed by atoms with van der Waals surface area (Å²) >= 11 is 0. The molecule has 0 spiro atoms. The zero-order valence-corrected chi connectivity index (χ0v) is 11.6. The van der Waals surface area contributed by atoms with Crippen molar-refractivity contribution < 1.29 is 0 Å². The molecule has 0 amide bonds. The van der Waals surface area contributed by atoms with E-state index in [-0.39, 0.29) is 0 Å². The van der Waals surface area contributed by atoms with Crippen molar-refractivity contribution in [1.29, 1.82) is 0 Å². The smallest absolute Gasteiger partial charge is 0.122 e. The standard InChI is InChI=1S/C13H22N6/c1-18-8-6-16-12(18)10-14-4-3-5-15-11-13-17-7-9-19(13)2/h6-9,14-15H,3-5,10-11H2,1-2H3. The molecule has 0 unspecified atom stereocenters. The number of rotatable bonds is 8. The molecule has 104 valence electrons. The van der Waals surface area contributed by atoms with Gasteiger partial charge in [-0.3, -0.25) is 0 Å². The molecule has 0 aliphatic carbocycles. The summed E-state index contributed by atoms with van der Waals surface area (Å²) in [4.78, 5) is 8.53. The minimum absolute atomic E-state index is 0.822. The van der Waals surface area contributed by atoms with E-state index in [0.29, 0.717) is 0 Å². The third kappa shape index (κ3) is 4.18. The Morgan fingerprint density at radius 2 is 1.37 bits per heavy atom. The fourth-order valence-corrected chi connectivity index (χ4v) is 1.87. The van der Waals surface area contributed by atoms with Crippen LogP contribution in [0.3, 0.4) is 0 Å². The van der Waals surface area contributed by atoms with E-state index in [0.717, 1.165) is 44.2 Å². The Hall–Kier alpha value is -1.66. The Balaban J connectivity index is 1.51. The van der Waals surface area contributed by atoms with Crippen LogP contribution in [0.25, 0.3) is 0 Å². The SMILES string of the molecule is Cn1ccnc1CNCCCNCc1nccn1C. The molecule has 6 nitrogen and oxygen atoms in total. The lowest BCUT2D eigenvalue weighted by molar-refractivity contribution is 0.567. The topological polar surface area (TPSA) is 59.7 Å². The van der Waals surface area contributed by atoms with Crippen molar-refractivity contribution in [2.24, 2.45) is 14.1 Å². The lowest BCUT2D eigenvalue weighted by atomic mass is 10.4. The third-order valence-corrected chi connectivity index (χ3v) is 3.12. The molecule has 0 saturated carbocycles. The van der Waals surface area contributed by atoms with Crippen LogP contribution in [0.4, 0.5) is 0 Å². The lowest BCUT2D eigenvalue weighted by Crippen LogP contribution is -2.23. The van der Waals surface area contributed by atoms with Crippen LogP contribution in [0.15, 0.2) is 24.8 Å². The van der Waals surface area contributed by atoms with E-state index in [1.54, 1.807) is 0 Å². The van der Waals surface area contributed by atoms with Crippen molar-refractivity contribution in [3.05, 3.63) is 36.4 Å². The van der Waals surface area contributed by atoms with Crippen molar-refractivity contribution in [3.63, 3.8) is 0 Å². The second kappa shape index (κ2) is 7.06. The summed E-state index contributed by atoms with van der Waals surface area (Å²) in [6, 6.07) is 0. The van der Waals surface area contributed by atoms with Gasteiger partial charge in [0.2, 0.25) is 0 Å². The summed E-state index contributed by atoms with van der Waals surface area (Å²) in [6.45, 7) is 3.62. The van der Waals surface area contributed by atoms with Gasteiger partial charge in [0.15, 0.2) is 0 Å². The maximum absolute atomic E-state index is 4.27. The molecule has 0 bridgehead atoms. The van der Waals surface area contributed by atoms with Crippen LogP contribution < -0.4 is 10.6 Å². The molecule has 0 atom stereocenters. The van der Waals surface area contributed by atoms with Gasteiger partial charge in [0, 0.05) is 38.9 Å². The van der Waals surface area contributed by atoms with Crippen molar-refractivity contribution in [3.8, 4) is 0 Å². The largest absolute Gasteiger partial charge is 0.337 e. The summed E-state index contributed by atoms with van der Waals surface area (Å²) in [5.74, 6) is 2.14. The maximum atomic E-state index is 4.27. The van der Waals surface area contributed by atoms with Gasteiger partial charge in [-0.1, -0.05) is 0 Å². The minimum Gasteiger partial charge on any atom is -0.337 e. The average Bonchev–Trinajstić information content (AvgIpc) is 2.98. The molecular formula is C13H22N6. The van der Waals surface area contributed by atoms with Crippen molar-refractivity contribution in [2.45, 2.75) is 19.5 Å². The molecular weight excluding hydrogens is 240 g/mol. The van der Waals surface area contributed by atoms with Crippen LogP contribution in [0, 0.1) is 0 Å².